The topological polar surface area (TPSA) is 63.8 Å². The Morgan fingerprint density at radius 2 is 2.36 bits per heavy atom. The molecule has 1 aromatic rings. The molecule has 60 valence electrons. The van der Waals surface area contributed by atoms with Gasteiger partial charge < -0.3 is 11.1 Å². The van der Waals surface area contributed by atoms with Gasteiger partial charge in [-0.05, 0) is 20.0 Å². The van der Waals surface area contributed by atoms with Crippen molar-refractivity contribution < 1.29 is 0 Å². The SMILES string of the molecule is CNC(C)c1ccnnc1N. The minimum atomic E-state index is 0.227. The first-order valence-corrected chi connectivity index (χ1v) is 3.50. The summed E-state index contributed by atoms with van der Waals surface area (Å²) in [5.74, 6) is 0.495. The van der Waals surface area contributed by atoms with Gasteiger partial charge in [0, 0.05) is 11.6 Å². The molecule has 11 heavy (non-hydrogen) atoms. The maximum absolute atomic E-state index is 5.58. The van der Waals surface area contributed by atoms with E-state index < -0.39 is 0 Å². The minimum absolute atomic E-state index is 0.227. The predicted octanol–water partition coefficient (Wildman–Crippen LogP) is 0.339. The zero-order valence-electron chi connectivity index (χ0n) is 6.70. The molecule has 0 aliphatic rings. The van der Waals surface area contributed by atoms with E-state index in [4.69, 9.17) is 5.73 Å². The van der Waals surface area contributed by atoms with E-state index in [0.29, 0.717) is 5.82 Å². The van der Waals surface area contributed by atoms with Crippen molar-refractivity contribution in [2.75, 3.05) is 12.8 Å². The first-order chi connectivity index (χ1) is 5.25. The summed E-state index contributed by atoms with van der Waals surface area (Å²) in [5.41, 5.74) is 6.57. The van der Waals surface area contributed by atoms with Crippen LogP contribution < -0.4 is 11.1 Å². The van der Waals surface area contributed by atoms with E-state index in [2.05, 4.69) is 15.5 Å². The van der Waals surface area contributed by atoms with Crippen LogP contribution in [0.3, 0.4) is 0 Å². The number of nitrogens with two attached hydrogens (primary N) is 1. The third-order valence-electron chi connectivity index (χ3n) is 1.68. The van der Waals surface area contributed by atoms with Gasteiger partial charge in [-0.3, -0.25) is 0 Å². The van der Waals surface area contributed by atoms with E-state index in [0.717, 1.165) is 5.56 Å². The van der Waals surface area contributed by atoms with Gasteiger partial charge in [-0.2, -0.15) is 5.10 Å². The molecule has 0 saturated carbocycles. The summed E-state index contributed by atoms with van der Waals surface area (Å²) in [5, 5.41) is 10.5. The number of rotatable bonds is 2. The van der Waals surface area contributed by atoms with Gasteiger partial charge in [0.05, 0.1) is 6.20 Å². The molecule has 1 rings (SSSR count). The van der Waals surface area contributed by atoms with Crippen molar-refractivity contribution in [3.05, 3.63) is 17.8 Å². The van der Waals surface area contributed by atoms with Gasteiger partial charge in [-0.25, -0.2) is 0 Å². The number of nitrogens with zero attached hydrogens (tertiary/aromatic N) is 2. The van der Waals surface area contributed by atoms with Gasteiger partial charge in [0.25, 0.3) is 0 Å². The largest absolute Gasteiger partial charge is 0.382 e. The average molecular weight is 152 g/mol. The Balaban J connectivity index is 2.93. The molecule has 4 nitrogen and oxygen atoms in total. The lowest BCUT2D eigenvalue weighted by Gasteiger charge is -2.10. The number of hydrogen-bond donors (Lipinski definition) is 2. The summed E-state index contributed by atoms with van der Waals surface area (Å²) in [6.45, 7) is 2.02. The molecular weight excluding hydrogens is 140 g/mol. The predicted molar refractivity (Wildman–Crippen MR) is 43.9 cm³/mol. The summed E-state index contributed by atoms with van der Waals surface area (Å²) < 4.78 is 0. The Bertz CT molecular complexity index is 236. The van der Waals surface area contributed by atoms with Gasteiger partial charge in [0.1, 0.15) is 0 Å². The van der Waals surface area contributed by atoms with Crippen molar-refractivity contribution in [1.82, 2.24) is 15.5 Å². The van der Waals surface area contributed by atoms with Crippen LogP contribution in [0.2, 0.25) is 0 Å². The second-order valence-electron chi connectivity index (χ2n) is 2.38. The molecule has 1 heterocycles. The molecule has 0 aromatic carbocycles. The summed E-state index contributed by atoms with van der Waals surface area (Å²) >= 11 is 0. The molecule has 0 fully saturated rings. The van der Waals surface area contributed by atoms with Crippen molar-refractivity contribution in [1.29, 1.82) is 0 Å². The Kier molecular flexibility index (Phi) is 2.38. The van der Waals surface area contributed by atoms with Crippen molar-refractivity contribution in [2.24, 2.45) is 0 Å². The van der Waals surface area contributed by atoms with Crippen molar-refractivity contribution >= 4 is 5.82 Å². The average Bonchev–Trinajstić information content (AvgIpc) is 2.04. The zero-order valence-corrected chi connectivity index (χ0v) is 6.70. The number of hydrogen-bond acceptors (Lipinski definition) is 4. The number of aromatic nitrogens is 2. The lowest BCUT2D eigenvalue weighted by atomic mass is 10.1. The molecule has 1 unspecified atom stereocenters. The fourth-order valence-corrected chi connectivity index (χ4v) is 0.874. The Labute approximate surface area is 65.8 Å². The van der Waals surface area contributed by atoms with E-state index in [-0.39, 0.29) is 6.04 Å². The van der Waals surface area contributed by atoms with Gasteiger partial charge in [0.15, 0.2) is 5.82 Å². The summed E-state index contributed by atoms with van der Waals surface area (Å²) in [6.07, 6.45) is 1.64. The van der Waals surface area contributed by atoms with Gasteiger partial charge >= 0.3 is 0 Å². The molecule has 0 bridgehead atoms. The van der Waals surface area contributed by atoms with Crippen molar-refractivity contribution in [2.45, 2.75) is 13.0 Å². The second-order valence-corrected chi connectivity index (χ2v) is 2.38. The fraction of sp³-hybridized carbons (Fsp3) is 0.429. The Hall–Kier alpha value is -1.16. The van der Waals surface area contributed by atoms with E-state index in [1.54, 1.807) is 6.20 Å². The second kappa shape index (κ2) is 3.30. The first-order valence-electron chi connectivity index (χ1n) is 3.50. The van der Waals surface area contributed by atoms with Crippen LogP contribution in [0, 0.1) is 0 Å². The molecule has 0 radical (unpaired) electrons. The van der Waals surface area contributed by atoms with Crippen LogP contribution >= 0.6 is 0 Å². The lowest BCUT2D eigenvalue weighted by molar-refractivity contribution is 0.649. The van der Waals surface area contributed by atoms with Crippen LogP contribution in [0.5, 0.6) is 0 Å². The Morgan fingerprint density at radius 3 is 2.91 bits per heavy atom. The molecule has 1 aromatic heterocycles. The van der Waals surface area contributed by atoms with E-state index in [9.17, 15) is 0 Å². The maximum atomic E-state index is 5.58. The normalized spacial score (nSPS) is 12.9. The highest BCUT2D eigenvalue weighted by molar-refractivity contribution is 5.38. The molecule has 0 aliphatic heterocycles. The molecule has 3 N–H and O–H groups in total. The monoisotopic (exact) mass is 152 g/mol. The maximum Gasteiger partial charge on any atom is 0.150 e. The standard InChI is InChI=1S/C7H12N4/c1-5(9-2)6-3-4-10-11-7(6)8/h3-5,9H,1-2H3,(H2,8,11). The molecule has 0 amide bonds. The van der Waals surface area contributed by atoms with E-state index in [1.807, 2.05) is 20.0 Å². The third-order valence-corrected chi connectivity index (χ3v) is 1.68. The highest BCUT2D eigenvalue weighted by Gasteiger charge is 2.05. The van der Waals surface area contributed by atoms with E-state index >= 15 is 0 Å². The quantitative estimate of drug-likeness (QED) is 0.641. The summed E-state index contributed by atoms with van der Waals surface area (Å²) in [7, 11) is 1.88. The summed E-state index contributed by atoms with van der Waals surface area (Å²) in [4.78, 5) is 0. The highest BCUT2D eigenvalue weighted by atomic mass is 15.1. The number of anilines is 1. The molecule has 1 atom stereocenters. The van der Waals surface area contributed by atoms with Crippen LogP contribution in [0.15, 0.2) is 12.3 Å². The van der Waals surface area contributed by atoms with Gasteiger partial charge in [-0.1, -0.05) is 0 Å². The molecule has 0 saturated heterocycles. The van der Waals surface area contributed by atoms with Crippen LogP contribution in [-0.4, -0.2) is 17.2 Å². The number of nitrogen functional groups attached to an aromatic ring is 1. The van der Waals surface area contributed by atoms with Gasteiger partial charge in [-0.15, -0.1) is 5.10 Å². The van der Waals surface area contributed by atoms with Crippen molar-refractivity contribution in [3.8, 4) is 0 Å². The van der Waals surface area contributed by atoms with Crippen LogP contribution in [-0.2, 0) is 0 Å². The fourth-order valence-electron chi connectivity index (χ4n) is 0.874. The lowest BCUT2D eigenvalue weighted by Crippen LogP contribution is -2.14. The van der Waals surface area contributed by atoms with Crippen molar-refractivity contribution in [3.63, 3.8) is 0 Å². The van der Waals surface area contributed by atoms with Crippen LogP contribution in [0.1, 0.15) is 18.5 Å². The first kappa shape index (κ1) is 7.94. The minimum Gasteiger partial charge on any atom is -0.382 e. The molecule has 0 aliphatic carbocycles. The summed E-state index contributed by atoms with van der Waals surface area (Å²) in [6, 6.07) is 2.09. The van der Waals surface area contributed by atoms with Gasteiger partial charge in [0.2, 0.25) is 0 Å². The van der Waals surface area contributed by atoms with Crippen LogP contribution in [0.25, 0.3) is 0 Å². The number of nitrogens with one attached hydrogen (secondary N) is 1. The molecule has 4 heteroatoms. The highest BCUT2D eigenvalue weighted by Crippen LogP contribution is 2.14. The third kappa shape index (κ3) is 1.65. The molecular formula is C7H12N4. The Morgan fingerprint density at radius 1 is 1.64 bits per heavy atom. The van der Waals surface area contributed by atoms with E-state index in [1.165, 1.54) is 0 Å². The van der Waals surface area contributed by atoms with Crippen LogP contribution in [0.4, 0.5) is 5.82 Å². The zero-order chi connectivity index (χ0) is 8.27. The molecule has 0 spiro atoms. The smallest absolute Gasteiger partial charge is 0.150 e.